The van der Waals surface area contributed by atoms with Crippen LogP contribution in [0.5, 0.6) is 11.5 Å². The number of aliphatic hydroxyl groups excluding tert-OH is 1. The maximum absolute atomic E-state index is 15.0. The number of carbonyl (C=O) groups is 4. The molecule has 2 heterocycles. The molecule has 1 atom stereocenters. The fourth-order valence-corrected chi connectivity index (χ4v) is 6.32. The van der Waals surface area contributed by atoms with Gasteiger partial charge in [-0.15, -0.1) is 0 Å². The third kappa shape index (κ3) is 3.69. The summed E-state index contributed by atoms with van der Waals surface area (Å²) in [5.41, 5.74) is -2.72. The summed E-state index contributed by atoms with van der Waals surface area (Å²) >= 11 is 0. The van der Waals surface area contributed by atoms with Crippen molar-refractivity contribution in [2.75, 3.05) is 16.9 Å². The summed E-state index contributed by atoms with van der Waals surface area (Å²) in [6.45, 7) is 3.81. The molecule has 1 spiro atoms. The van der Waals surface area contributed by atoms with Crippen LogP contribution in [0.25, 0.3) is 5.76 Å². The van der Waals surface area contributed by atoms with Gasteiger partial charge in [-0.3, -0.25) is 29.0 Å². The molecule has 1 aliphatic carbocycles. The molecule has 3 aromatic carbocycles. The molecule has 0 bridgehead atoms. The van der Waals surface area contributed by atoms with Gasteiger partial charge in [0.1, 0.15) is 17.3 Å². The predicted octanol–water partition coefficient (Wildman–Crippen LogP) is 4.71. The number of aliphatic hydroxyl groups is 1. The number of amides is 2. The van der Waals surface area contributed by atoms with Crippen LogP contribution < -0.4 is 14.5 Å². The van der Waals surface area contributed by atoms with Crippen molar-refractivity contribution < 1.29 is 34.1 Å². The minimum Gasteiger partial charge on any atom is -0.507 e. The molecule has 1 unspecified atom stereocenters. The van der Waals surface area contributed by atoms with E-state index < -0.39 is 45.7 Å². The second-order valence-corrected chi connectivity index (χ2v) is 11.4. The highest BCUT2D eigenvalue weighted by Gasteiger charge is 2.71. The lowest BCUT2D eigenvalue weighted by molar-refractivity contribution is -0.132. The quantitative estimate of drug-likeness (QED) is 0.267. The molecule has 3 aliphatic rings. The standard InChI is InChI=1S/C33H28N2O7/c1-32(2)17-23-26(25(37)18-32)33(31(41)34(23)20-9-5-4-6-10-20)27(28(38)19-13-15-21(42-3)16-14-19)29(39)30(40)35(33)22-11-7-8-12-24(22)36/h4-16,36,38H,17-18H2,1-3H3/b28-27-. The van der Waals surface area contributed by atoms with E-state index in [9.17, 15) is 24.6 Å². The van der Waals surface area contributed by atoms with Gasteiger partial charge in [0.2, 0.25) is 0 Å². The third-order valence-corrected chi connectivity index (χ3v) is 8.06. The first-order valence-electron chi connectivity index (χ1n) is 13.4. The van der Waals surface area contributed by atoms with Crippen molar-refractivity contribution in [1.82, 2.24) is 0 Å². The van der Waals surface area contributed by atoms with Crippen molar-refractivity contribution in [3.8, 4) is 11.5 Å². The Labute approximate surface area is 241 Å². The summed E-state index contributed by atoms with van der Waals surface area (Å²) in [6.07, 6.45) is 0.321. The number of nitrogens with zero attached hydrogens (tertiary/aromatic N) is 2. The highest BCUT2D eigenvalue weighted by molar-refractivity contribution is 6.56. The van der Waals surface area contributed by atoms with E-state index in [4.69, 9.17) is 4.74 Å². The average Bonchev–Trinajstić information content (AvgIpc) is 3.34. The number of anilines is 2. The third-order valence-electron chi connectivity index (χ3n) is 8.06. The van der Waals surface area contributed by atoms with Crippen molar-refractivity contribution >= 4 is 40.5 Å². The number of aromatic hydroxyl groups is 1. The highest BCUT2D eigenvalue weighted by Crippen LogP contribution is 2.57. The second-order valence-electron chi connectivity index (χ2n) is 11.4. The summed E-state index contributed by atoms with van der Waals surface area (Å²) in [6, 6.07) is 20.5. The number of para-hydroxylation sites is 3. The van der Waals surface area contributed by atoms with Crippen LogP contribution in [0.3, 0.4) is 0 Å². The number of fused-ring (bicyclic) bond motifs is 1. The lowest BCUT2D eigenvalue weighted by Crippen LogP contribution is -2.56. The van der Waals surface area contributed by atoms with Crippen LogP contribution in [0.2, 0.25) is 0 Å². The minimum absolute atomic E-state index is 0.0388. The van der Waals surface area contributed by atoms with Crippen LogP contribution >= 0.6 is 0 Å². The largest absolute Gasteiger partial charge is 0.507 e. The number of methoxy groups -OCH3 is 1. The van der Waals surface area contributed by atoms with Crippen LogP contribution in [0, 0.1) is 5.41 Å². The van der Waals surface area contributed by atoms with Gasteiger partial charge in [0.25, 0.3) is 11.7 Å². The van der Waals surface area contributed by atoms with Crippen LogP contribution in [-0.4, -0.2) is 46.2 Å². The van der Waals surface area contributed by atoms with Crippen LogP contribution in [0.1, 0.15) is 32.3 Å². The van der Waals surface area contributed by atoms with Gasteiger partial charge in [0.05, 0.1) is 23.9 Å². The first-order chi connectivity index (χ1) is 20.0. The van der Waals surface area contributed by atoms with Crippen molar-refractivity contribution in [3.63, 3.8) is 0 Å². The van der Waals surface area contributed by atoms with Crippen molar-refractivity contribution in [2.45, 2.75) is 32.2 Å². The zero-order chi connectivity index (χ0) is 30.0. The molecule has 2 amide bonds. The van der Waals surface area contributed by atoms with Crippen molar-refractivity contribution in [1.29, 1.82) is 0 Å². The summed E-state index contributed by atoms with van der Waals surface area (Å²) in [5.74, 6) is -4.03. The van der Waals surface area contributed by atoms with Gasteiger partial charge in [-0.2, -0.15) is 0 Å². The average molecular weight is 565 g/mol. The van der Waals surface area contributed by atoms with E-state index in [2.05, 4.69) is 0 Å². The summed E-state index contributed by atoms with van der Waals surface area (Å²) < 4.78 is 5.21. The van der Waals surface area contributed by atoms with Crippen LogP contribution in [0.15, 0.2) is 95.7 Å². The molecule has 2 N–H and O–H groups in total. The monoisotopic (exact) mass is 564 g/mol. The highest BCUT2D eigenvalue weighted by atomic mass is 16.5. The van der Waals surface area contributed by atoms with Gasteiger partial charge in [-0.05, 0) is 60.4 Å². The van der Waals surface area contributed by atoms with Crippen molar-refractivity contribution in [3.05, 3.63) is 101 Å². The van der Waals surface area contributed by atoms with E-state index in [0.717, 1.165) is 4.90 Å². The molecule has 2 aliphatic heterocycles. The number of carbonyl (C=O) groups excluding carboxylic acids is 4. The molecule has 42 heavy (non-hydrogen) atoms. The Morgan fingerprint density at radius 2 is 1.50 bits per heavy atom. The lowest BCUT2D eigenvalue weighted by Gasteiger charge is -2.37. The predicted molar refractivity (Wildman–Crippen MR) is 155 cm³/mol. The van der Waals surface area contributed by atoms with Gasteiger partial charge < -0.3 is 14.9 Å². The Bertz CT molecular complexity index is 1740. The van der Waals surface area contributed by atoms with E-state index in [1.165, 1.54) is 42.3 Å². The number of rotatable bonds is 4. The molecule has 3 aromatic rings. The smallest absolute Gasteiger partial charge is 0.300 e. The second kappa shape index (κ2) is 9.44. The summed E-state index contributed by atoms with van der Waals surface area (Å²) in [5, 5.41) is 22.7. The van der Waals surface area contributed by atoms with Crippen LogP contribution in [-0.2, 0) is 19.2 Å². The number of phenolic OH excluding ortho intramolecular Hbond substituents is 1. The summed E-state index contributed by atoms with van der Waals surface area (Å²) in [7, 11) is 1.48. The number of benzene rings is 3. The molecule has 6 rings (SSSR count). The molecule has 0 saturated carbocycles. The Balaban J connectivity index is 1.75. The Morgan fingerprint density at radius 3 is 2.14 bits per heavy atom. The molecule has 9 nitrogen and oxygen atoms in total. The molecule has 212 valence electrons. The van der Waals surface area contributed by atoms with E-state index in [0.29, 0.717) is 17.1 Å². The fraction of sp³-hybridized carbons (Fsp3) is 0.212. The molecule has 9 heteroatoms. The number of ketones is 2. The van der Waals surface area contributed by atoms with E-state index in [-0.39, 0.29) is 35.4 Å². The minimum atomic E-state index is -2.37. The molecule has 0 radical (unpaired) electrons. The zero-order valence-electron chi connectivity index (χ0n) is 23.2. The first kappa shape index (κ1) is 27.0. The van der Waals surface area contributed by atoms with E-state index in [1.807, 2.05) is 13.8 Å². The number of phenols is 1. The number of Topliss-reactive ketones (excluding diaryl/α,β-unsaturated/α-hetero) is 2. The maximum Gasteiger partial charge on any atom is 0.300 e. The molecule has 1 saturated heterocycles. The first-order valence-corrected chi connectivity index (χ1v) is 13.4. The van der Waals surface area contributed by atoms with Gasteiger partial charge in [-0.1, -0.05) is 44.2 Å². The number of ether oxygens (including phenoxy) is 1. The molecule has 0 aromatic heterocycles. The Morgan fingerprint density at radius 1 is 0.857 bits per heavy atom. The number of allylic oxidation sites excluding steroid dienone is 1. The Kier molecular flexibility index (Phi) is 6.07. The number of hydrogen-bond acceptors (Lipinski definition) is 7. The normalized spacial score (nSPS) is 22.7. The fourth-order valence-electron chi connectivity index (χ4n) is 6.32. The van der Waals surface area contributed by atoms with E-state index >= 15 is 4.79 Å². The van der Waals surface area contributed by atoms with E-state index in [1.54, 1.807) is 48.5 Å². The SMILES string of the molecule is COc1ccc(/C(O)=C2\C(=O)C(=O)N(c3ccccc3O)C23C(=O)N(c2ccccc2)C2=C3C(=O)CC(C)(C)C2)cc1. The molecular formula is C33H28N2O7. The lowest BCUT2D eigenvalue weighted by atomic mass is 9.70. The van der Waals surface area contributed by atoms with Gasteiger partial charge in [-0.25, -0.2) is 0 Å². The maximum atomic E-state index is 15.0. The van der Waals surface area contributed by atoms with Crippen LogP contribution in [0.4, 0.5) is 11.4 Å². The summed E-state index contributed by atoms with van der Waals surface area (Å²) in [4.78, 5) is 59.4. The Hall–Kier alpha value is -5.18. The van der Waals surface area contributed by atoms with Gasteiger partial charge >= 0.3 is 5.91 Å². The zero-order valence-corrected chi connectivity index (χ0v) is 23.2. The van der Waals surface area contributed by atoms with Gasteiger partial charge in [0.15, 0.2) is 11.3 Å². The van der Waals surface area contributed by atoms with Crippen molar-refractivity contribution in [2.24, 2.45) is 5.41 Å². The number of hydrogen-bond donors (Lipinski definition) is 2. The topological polar surface area (TPSA) is 124 Å². The van der Waals surface area contributed by atoms with Gasteiger partial charge in [0, 0.05) is 23.4 Å². The molecule has 1 fully saturated rings. The molecular weight excluding hydrogens is 536 g/mol.